The van der Waals surface area contributed by atoms with Crippen molar-refractivity contribution in [1.82, 2.24) is 10.2 Å². The summed E-state index contributed by atoms with van der Waals surface area (Å²) in [6.45, 7) is 9.21. The van der Waals surface area contributed by atoms with Crippen molar-refractivity contribution in [2.45, 2.75) is 52.4 Å². The number of aryl methyl sites for hydroxylation is 1. The van der Waals surface area contributed by atoms with Crippen LogP contribution in [0, 0.1) is 11.8 Å². The number of hydrogen-bond donors (Lipinski definition) is 1. The van der Waals surface area contributed by atoms with Gasteiger partial charge in [0.05, 0.1) is 5.92 Å². The minimum Gasteiger partial charge on any atom is -0.356 e. The quantitative estimate of drug-likeness (QED) is 0.699. The number of nitrogens with zero attached hydrogens (tertiary/aromatic N) is 2. The molecule has 5 nitrogen and oxygen atoms in total. The molecule has 0 aromatic heterocycles. The number of benzene rings is 1. The molecule has 1 N–H and O–H groups in total. The summed E-state index contributed by atoms with van der Waals surface area (Å²) in [5, 5.41) is 3.04. The molecular weight excluding hydrogens is 350 g/mol. The van der Waals surface area contributed by atoms with Gasteiger partial charge >= 0.3 is 0 Å². The van der Waals surface area contributed by atoms with Crippen LogP contribution in [0.4, 0.5) is 5.69 Å². The zero-order valence-electron chi connectivity index (χ0n) is 17.5. The predicted octanol–water partition coefficient (Wildman–Crippen LogP) is 3.23. The minimum atomic E-state index is -0.234. The Morgan fingerprint density at radius 3 is 2.54 bits per heavy atom. The summed E-state index contributed by atoms with van der Waals surface area (Å²) in [6.07, 6.45) is 6.03. The highest BCUT2D eigenvalue weighted by molar-refractivity contribution is 6.00. The fourth-order valence-electron chi connectivity index (χ4n) is 4.15. The maximum Gasteiger partial charge on any atom is 0.227 e. The summed E-state index contributed by atoms with van der Waals surface area (Å²) in [5.41, 5.74) is 2.15. The Labute approximate surface area is 169 Å². The van der Waals surface area contributed by atoms with Crippen molar-refractivity contribution in [3.63, 3.8) is 0 Å². The van der Waals surface area contributed by atoms with Crippen LogP contribution in [0.3, 0.4) is 0 Å². The molecule has 2 fully saturated rings. The van der Waals surface area contributed by atoms with Crippen LogP contribution >= 0.6 is 0 Å². The molecule has 1 atom stereocenters. The van der Waals surface area contributed by atoms with Gasteiger partial charge in [-0.15, -0.1) is 0 Å². The summed E-state index contributed by atoms with van der Waals surface area (Å²) in [7, 11) is 0. The van der Waals surface area contributed by atoms with Gasteiger partial charge in [0.25, 0.3) is 0 Å². The number of hydrogen-bond acceptors (Lipinski definition) is 3. The van der Waals surface area contributed by atoms with Gasteiger partial charge in [-0.2, -0.15) is 0 Å². The smallest absolute Gasteiger partial charge is 0.227 e. The maximum absolute atomic E-state index is 12.5. The summed E-state index contributed by atoms with van der Waals surface area (Å²) < 4.78 is 0. The third kappa shape index (κ3) is 5.57. The second-order valence-electron chi connectivity index (χ2n) is 8.45. The monoisotopic (exact) mass is 385 g/mol. The van der Waals surface area contributed by atoms with Crippen LogP contribution in [-0.2, 0) is 16.0 Å². The Balaban J connectivity index is 1.36. The van der Waals surface area contributed by atoms with Crippen molar-refractivity contribution >= 4 is 17.5 Å². The number of nitrogens with one attached hydrogen (secondary N) is 1. The molecule has 1 aromatic carbocycles. The lowest BCUT2D eigenvalue weighted by atomic mass is 9.99. The summed E-state index contributed by atoms with van der Waals surface area (Å²) in [6, 6.07) is 8.08. The standard InChI is InChI=1S/C23H35N3O2/c1-3-19-6-8-21(9-7-19)26-17-20(16-22(26)27)23(28)24-12-4-5-13-25-14-10-18(2)11-15-25/h6-9,18,20H,3-5,10-17H2,1-2H3,(H,24,28). The molecule has 5 heteroatoms. The Kier molecular flexibility index (Phi) is 7.49. The van der Waals surface area contributed by atoms with E-state index in [1.165, 1.54) is 31.5 Å². The van der Waals surface area contributed by atoms with Gasteiger partial charge in [0, 0.05) is 25.2 Å². The highest BCUT2D eigenvalue weighted by Gasteiger charge is 2.34. The first-order valence-corrected chi connectivity index (χ1v) is 11.0. The zero-order chi connectivity index (χ0) is 19.9. The van der Waals surface area contributed by atoms with E-state index in [1.807, 2.05) is 12.1 Å². The highest BCUT2D eigenvalue weighted by atomic mass is 16.2. The predicted molar refractivity (Wildman–Crippen MR) is 113 cm³/mol. The van der Waals surface area contributed by atoms with Crippen LogP contribution < -0.4 is 10.2 Å². The topological polar surface area (TPSA) is 52.7 Å². The van der Waals surface area contributed by atoms with Crippen molar-refractivity contribution in [3.8, 4) is 0 Å². The highest BCUT2D eigenvalue weighted by Crippen LogP contribution is 2.25. The molecule has 0 spiro atoms. The van der Waals surface area contributed by atoms with E-state index in [0.717, 1.165) is 37.4 Å². The molecule has 1 aromatic rings. The van der Waals surface area contributed by atoms with Crippen LogP contribution in [0.1, 0.15) is 51.5 Å². The molecule has 2 aliphatic heterocycles. The minimum absolute atomic E-state index is 0.0211. The van der Waals surface area contributed by atoms with Gasteiger partial charge in [0.15, 0.2) is 0 Å². The molecule has 1 unspecified atom stereocenters. The largest absolute Gasteiger partial charge is 0.356 e. The third-order valence-electron chi connectivity index (χ3n) is 6.23. The van der Waals surface area contributed by atoms with Crippen LogP contribution in [0.15, 0.2) is 24.3 Å². The molecule has 28 heavy (non-hydrogen) atoms. The maximum atomic E-state index is 12.5. The fourth-order valence-corrected chi connectivity index (χ4v) is 4.15. The molecule has 0 bridgehead atoms. The number of carbonyl (C=O) groups excluding carboxylic acids is 2. The van der Waals surface area contributed by atoms with Gasteiger partial charge in [0.1, 0.15) is 0 Å². The number of unbranched alkanes of at least 4 members (excludes halogenated alkanes) is 1. The van der Waals surface area contributed by atoms with Crippen molar-refractivity contribution < 1.29 is 9.59 Å². The molecule has 2 amide bonds. The van der Waals surface area contributed by atoms with Gasteiger partial charge in [-0.05, 0) is 75.4 Å². The van der Waals surface area contributed by atoms with Gasteiger partial charge < -0.3 is 15.1 Å². The lowest BCUT2D eigenvalue weighted by Gasteiger charge is -2.30. The molecule has 2 saturated heterocycles. The van der Waals surface area contributed by atoms with Gasteiger partial charge in [-0.25, -0.2) is 0 Å². The van der Waals surface area contributed by atoms with Gasteiger partial charge in [-0.3, -0.25) is 9.59 Å². The van der Waals surface area contributed by atoms with Gasteiger partial charge in [-0.1, -0.05) is 26.0 Å². The molecule has 0 saturated carbocycles. The lowest BCUT2D eigenvalue weighted by molar-refractivity contribution is -0.126. The summed E-state index contributed by atoms with van der Waals surface area (Å²) in [4.78, 5) is 29.1. The number of likely N-dealkylation sites (tertiary alicyclic amines) is 1. The van der Waals surface area contributed by atoms with E-state index in [-0.39, 0.29) is 17.7 Å². The zero-order valence-corrected chi connectivity index (χ0v) is 17.5. The first-order valence-electron chi connectivity index (χ1n) is 11.0. The number of rotatable bonds is 8. The van der Waals surface area contributed by atoms with E-state index in [0.29, 0.717) is 19.5 Å². The van der Waals surface area contributed by atoms with E-state index >= 15 is 0 Å². The van der Waals surface area contributed by atoms with Crippen molar-refractivity contribution in [3.05, 3.63) is 29.8 Å². The second kappa shape index (κ2) is 10.1. The Hall–Kier alpha value is -1.88. The van der Waals surface area contributed by atoms with E-state index < -0.39 is 0 Å². The Morgan fingerprint density at radius 2 is 1.86 bits per heavy atom. The average Bonchev–Trinajstić information content (AvgIpc) is 3.11. The lowest BCUT2D eigenvalue weighted by Crippen LogP contribution is -2.35. The van der Waals surface area contributed by atoms with E-state index in [1.54, 1.807) is 4.90 Å². The first kappa shape index (κ1) is 20.8. The van der Waals surface area contributed by atoms with Crippen molar-refractivity contribution in [2.75, 3.05) is 37.6 Å². The van der Waals surface area contributed by atoms with Crippen LogP contribution in [0.5, 0.6) is 0 Å². The normalized spacial score (nSPS) is 21.3. The average molecular weight is 386 g/mol. The molecule has 154 valence electrons. The Morgan fingerprint density at radius 1 is 1.14 bits per heavy atom. The molecule has 3 rings (SSSR count). The van der Waals surface area contributed by atoms with Crippen LogP contribution in [-0.4, -0.2) is 49.4 Å². The third-order valence-corrected chi connectivity index (χ3v) is 6.23. The first-order chi connectivity index (χ1) is 13.6. The van der Waals surface area contributed by atoms with E-state index in [4.69, 9.17) is 0 Å². The number of anilines is 1. The second-order valence-corrected chi connectivity index (χ2v) is 8.45. The fraction of sp³-hybridized carbons (Fsp3) is 0.652. The summed E-state index contributed by atoms with van der Waals surface area (Å²) in [5.74, 6) is 0.701. The molecule has 2 heterocycles. The number of piperidine rings is 1. The molecule has 0 aliphatic carbocycles. The van der Waals surface area contributed by atoms with Gasteiger partial charge in [0.2, 0.25) is 11.8 Å². The van der Waals surface area contributed by atoms with Crippen molar-refractivity contribution in [2.24, 2.45) is 11.8 Å². The van der Waals surface area contributed by atoms with Crippen molar-refractivity contribution in [1.29, 1.82) is 0 Å². The van der Waals surface area contributed by atoms with Crippen LogP contribution in [0.25, 0.3) is 0 Å². The Bertz CT molecular complexity index is 650. The van der Waals surface area contributed by atoms with E-state index in [2.05, 4.69) is 36.2 Å². The molecule has 2 aliphatic rings. The summed E-state index contributed by atoms with van der Waals surface area (Å²) >= 11 is 0. The number of amides is 2. The SMILES string of the molecule is CCc1ccc(N2CC(C(=O)NCCCCN3CCC(C)CC3)CC2=O)cc1. The van der Waals surface area contributed by atoms with Crippen LogP contribution in [0.2, 0.25) is 0 Å². The molecule has 0 radical (unpaired) electrons. The van der Waals surface area contributed by atoms with E-state index in [9.17, 15) is 9.59 Å². The molecular formula is C23H35N3O2. The number of carbonyl (C=O) groups is 2.